The van der Waals surface area contributed by atoms with Crippen molar-refractivity contribution < 1.29 is 14.9 Å². The summed E-state index contributed by atoms with van der Waals surface area (Å²) in [6, 6.07) is 0. The number of hydrogen-bond acceptors (Lipinski definition) is 3. The van der Waals surface area contributed by atoms with Gasteiger partial charge in [-0.1, -0.05) is 19.3 Å². The molecule has 2 unspecified atom stereocenters. The predicted octanol–water partition coefficient (Wildman–Crippen LogP) is 1.08. The van der Waals surface area contributed by atoms with Crippen molar-refractivity contribution in [3.63, 3.8) is 0 Å². The molecule has 0 spiro atoms. The van der Waals surface area contributed by atoms with Gasteiger partial charge in [0.05, 0.1) is 18.3 Å². The molecule has 0 aromatic rings. The molecule has 1 aliphatic heterocycles. The Bertz CT molecular complexity index is 181. The number of rotatable bonds is 2. The molecule has 14 heavy (non-hydrogen) atoms. The summed E-state index contributed by atoms with van der Waals surface area (Å²) < 4.78 is 5.24. The Morgan fingerprint density at radius 2 is 1.93 bits per heavy atom. The maximum Gasteiger partial charge on any atom is 0.0909 e. The van der Waals surface area contributed by atoms with Crippen LogP contribution >= 0.6 is 0 Å². The first-order valence-electron chi connectivity index (χ1n) is 5.70. The second-order valence-electron chi connectivity index (χ2n) is 4.73. The van der Waals surface area contributed by atoms with Crippen molar-refractivity contribution in [2.45, 2.75) is 50.2 Å². The molecule has 1 aliphatic carbocycles. The first-order valence-corrected chi connectivity index (χ1v) is 5.70. The van der Waals surface area contributed by atoms with E-state index in [2.05, 4.69) is 0 Å². The number of aliphatic hydroxyl groups excluding tert-OH is 1. The van der Waals surface area contributed by atoms with Crippen molar-refractivity contribution in [3.05, 3.63) is 0 Å². The van der Waals surface area contributed by atoms with E-state index in [-0.39, 0.29) is 5.92 Å². The van der Waals surface area contributed by atoms with E-state index in [0.29, 0.717) is 6.61 Å². The van der Waals surface area contributed by atoms with Gasteiger partial charge in [0, 0.05) is 12.5 Å². The van der Waals surface area contributed by atoms with Crippen molar-refractivity contribution in [1.29, 1.82) is 0 Å². The summed E-state index contributed by atoms with van der Waals surface area (Å²) >= 11 is 0. The van der Waals surface area contributed by atoms with E-state index in [1.54, 1.807) is 0 Å². The first-order chi connectivity index (χ1) is 6.72. The smallest absolute Gasteiger partial charge is 0.0909 e. The Labute approximate surface area is 85.1 Å². The molecule has 2 atom stereocenters. The lowest BCUT2D eigenvalue weighted by atomic mass is 9.76. The highest BCUT2D eigenvalue weighted by atomic mass is 16.5. The molecule has 0 bridgehead atoms. The zero-order valence-corrected chi connectivity index (χ0v) is 8.61. The van der Waals surface area contributed by atoms with Gasteiger partial charge in [-0.05, 0) is 19.3 Å². The standard InChI is InChI=1S/C11H20O3/c12-10(9-4-7-14-8-9)11(13)5-2-1-3-6-11/h9-10,12-13H,1-8H2. The summed E-state index contributed by atoms with van der Waals surface area (Å²) in [5, 5.41) is 20.4. The molecular formula is C11H20O3. The number of aliphatic hydroxyl groups is 2. The van der Waals surface area contributed by atoms with Gasteiger partial charge in [-0.2, -0.15) is 0 Å². The van der Waals surface area contributed by atoms with Gasteiger partial charge in [0.25, 0.3) is 0 Å². The van der Waals surface area contributed by atoms with Gasteiger partial charge >= 0.3 is 0 Å². The lowest BCUT2D eigenvalue weighted by Crippen LogP contribution is -2.48. The molecular weight excluding hydrogens is 180 g/mol. The third kappa shape index (κ3) is 1.95. The van der Waals surface area contributed by atoms with E-state index in [1.165, 1.54) is 6.42 Å². The Hall–Kier alpha value is -0.120. The molecule has 2 aliphatic rings. The van der Waals surface area contributed by atoms with Crippen molar-refractivity contribution in [2.75, 3.05) is 13.2 Å². The molecule has 0 radical (unpaired) electrons. The van der Waals surface area contributed by atoms with Crippen LogP contribution in [0.3, 0.4) is 0 Å². The lowest BCUT2D eigenvalue weighted by Gasteiger charge is -2.38. The molecule has 0 aromatic heterocycles. The minimum absolute atomic E-state index is 0.151. The summed E-state index contributed by atoms with van der Waals surface area (Å²) in [4.78, 5) is 0. The topological polar surface area (TPSA) is 49.7 Å². The van der Waals surface area contributed by atoms with E-state index >= 15 is 0 Å². The molecule has 0 aromatic carbocycles. The zero-order valence-electron chi connectivity index (χ0n) is 8.61. The highest BCUT2D eigenvalue weighted by Crippen LogP contribution is 2.35. The van der Waals surface area contributed by atoms with E-state index < -0.39 is 11.7 Å². The van der Waals surface area contributed by atoms with Crippen LogP contribution in [-0.2, 0) is 4.74 Å². The van der Waals surface area contributed by atoms with Crippen LogP contribution in [0.25, 0.3) is 0 Å². The summed E-state index contributed by atoms with van der Waals surface area (Å²) in [5.41, 5.74) is -0.823. The van der Waals surface area contributed by atoms with E-state index in [4.69, 9.17) is 4.74 Å². The monoisotopic (exact) mass is 200 g/mol. The molecule has 82 valence electrons. The minimum atomic E-state index is -0.823. The van der Waals surface area contributed by atoms with E-state index in [1.807, 2.05) is 0 Å². The van der Waals surface area contributed by atoms with Crippen LogP contribution in [0.1, 0.15) is 38.5 Å². The quantitative estimate of drug-likeness (QED) is 0.701. The third-order valence-corrected chi connectivity index (χ3v) is 3.68. The average Bonchev–Trinajstić information content (AvgIpc) is 2.70. The second-order valence-corrected chi connectivity index (χ2v) is 4.73. The maximum absolute atomic E-state index is 10.3. The zero-order chi connectivity index (χ0) is 10.0. The fraction of sp³-hybridized carbons (Fsp3) is 1.00. The Kier molecular flexibility index (Phi) is 3.10. The molecule has 1 saturated carbocycles. The van der Waals surface area contributed by atoms with Crippen molar-refractivity contribution in [1.82, 2.24) is 0 Å². The van der Waals surface area contributed by atoms with Gasteiger partial charge < -0.3 is 14.9 Å². The van der Waals surface area contributed by atoms with Crippen LogP contribution in [0.2, 0.25) is 0 Å². The lowest BCUT2D eigenvalue weighted by molar-refractivity contribution is -0.120. The number of hydrogen-bond donors (Lipinski definition) is 2. The molecule has 1 heterocycles. The molecule has 2 fully saturated rings. The SMILES string of the molecule is OC(C1CCOC1)C1(O)CCCCC1. The first kappa shape index (κ1) is 10.4. The van der Waals surface area contributed by atoms with Crippen molar-refractivity contribution >= 4 is 0 Å². The Morgan fingerprint density at radius 3 is 2.50 bits per heavy atom. The van der Waals surface area contributed by atoms with Crippen LogP contribution in [-0.4, -0.2) is 35.1 Å². The molecule has 2 N–H and O–H groups in total. The Balaban J connectivity index is 1.96. The number of ether oxygens (including phenoxy) is 1. The fourth-order valence-corrected chi connectivity index (χ4v) is 2.70. The van der Waals surface area contributed by atoms with Crippen LogP contribution in [0.15, 0.2) is 0 Å². The summed E-state index contributed by atoms with van der Waals surface area (Å²) in [5.74, 6) is 0.151. The minimum Gasteiger partial charge on any atom is -0.390 e. The van der Waals surface area contributed by atoms with Gasteiger partial charge in [-0.25, -0.2) is 0 Å². The fourth-order valence-electron chi connectivity index (χ4n) is 2.70. The largest absolute Gasteiger partial charge is 0.390 e. The van der Waals surface area contributed by atoms with Gasteiger partial charge in [-0.15, -0.1) is 0 Å². The third-order valence-electron chi connectivity index (χ3n) is 3.68. The van der Waals surface area contributed by atoms with Gasteiger partial charge in [0.15, 0.2) is 0 Å². The Morgan fingerprint density at radius 1 is 1.21 bits per heavy atom. The molecule has 3 heteroatoms. The molecule has 0 amide bonds. The summed E-state index contributed by atoms with van der Waals surface area (Å²) in [6.07, 6.45) is 5.10. The summed E-state index contributed by atoms with van der Waals surface area (Å²) in [7, 11) is 0. The van der Waals surface area contributed by atoms with Crippen LogP contribution in [0, 0.1) is 5.92 Å². The van der Waals surface area contributed by atoms with Crippen LogP contribution < -0.4 is 0 Å². The average molecular weight is 200 g/mol. The highest BCUT2D eigenvalue weighted by molar-refractivity contribution is 4.93. The van der Waals surface area contributed by atoms with Gasteiger partial charge in [0.2, 0.25) is 0 Å². The second kappa shape index (κ2) is 4.17. The molecule has 2 rings (SSSR count). The van der Waals surface area contributed by atoms with Crippen molar-refractivity contribution in [3.8, 4) is 0 Å². The molecule has 3 nitrogen and oxygen atoms in total. The van der Waals surface area contributed by atoms with Crippen LogP contribution in [0.4, 0.5) is 0 Å². The van der Waals surface area contributed by atoms with E-state index in [9.17, 15) is 10.2 Å². The highest BCUT2D eigenvalue weighted by Gasteiger charge is 2.42. The van der Waals surface area contributed by atoms with Crippen LogP contribution in [0.5, 0.6) is 0 Å². The molecule has 1 saturated heterocycles. The van der Waals surface area contributed by atoms with Crippen molar-refractivity contribution in [2.24, 2.45) is 5.92 Å². The normalized spacial score (nSPS) is 34.3. The van der Waals surface area contributed by atoms with Gasteiger partial charge in [-0.3, -0.25) is 0 Å². The summed E-state index contributed by atoms with van der Waals surface area (Å²) in [6.45, 7) is 1.35. The predicted molar refractivity (Wildman–Crippen MR) is 53.0 cm³/mol. The maximum atomic E-state index is 10.3. The van der Waals surface area contributed by atoms with E-state index in [0.717, 1.165) is 38.7 Å². The van der Waals surface area contributed by atoms with Gasteiger partial charge in [0.1, 0.15) is 0 Å².